The summed E-state index contributed by atoms with van der Waals surface area (Å²) in [6, 6.07) is 12.6. The molecule has 0 aromatic heterocycles. The zero-order chi connectivity index (χ0) is 14.1. The summed E-state index contributed by atoms with van der Waals surface area (Å²) >= 11 is 0. The third-order valence-corrected chi connectivity index (χ3v) is 4.07. The molecule has 2 nitrogen and oxygen atoms in total. The van der Waals surface area contributed by atoms with Crippen LogP contribution in [0.25, 0.3) is 0 Å². The molecule has 1 aliphatic rings. The van der Waals surface area contributed by atoms with Crippen LogP contribution >= 0.6 is 0 Å². The summed E-state index contributed by atoms with van der Waals surface area (Å²) in [5.74, 6) is 0.187. The van der Waals surface area contributed by atoms with E-state index in [-0.39, 0.29) is 17.9 Å². The molecule has 0 radical (unpaired) electrons. The lowest BCUT2D eigenvalue weighted by Crippen LogP contribution is -2.23. The van der Waals surface area contributed by atoms with Crippen molar-refractivity contribution in [3.63, 3.8) is 0 Å². The molecular weight excluding hydrogens is 253 g/mol. The van der Waals surface area contributed by atoms with Crippen molar-refractivity contribution in [2.24, 2.45) is 0 Å². The predicted molar refractivity (Wildman–Crippen MR) is 77.1 cm³/mol. The lowest BCUT2D eigenvalue weighted by molar-refractivity contribution is 0.450. The summed E-state index contributed by atoms with van der Waals surface area (Å²) in [5.41, 5.74) is 2.83. The summed E-state index contributed by atoms with van der Waals surface area (Å²) in [4.78, 5) is 0. The number of benzene rings is 2. The molecule has 0 saturated heterocycles. The van der Waals surface area contributed by atoms with E-state index < -0.39 is 0 Å². The fourth-order valence-electron chi connectivity index (χ4n) is 3.03. The molecule has 1 aliphatic carbocycles. The van der Waals surface area contributed by atoms with Gasteiger partial charge in [0.1, 0.15) is 11.6 Å². The third kappa shape index (κ3) is 2.29. The molecule has 2 atom stereocenters. The van der Waals surface area contributed by atoms with Gasteiger partial charge in [0.15, 0.2) is 0 Å². The van der Waals surface area contributed by atoms with Gasteiger partial charge in [-0.3, -0.25) is 0 Å². The molecule has 0 aliphatic heterocycles. The summed E-state index contributed by atoms with van der Waals surface area (Å²) < 4.78 is 13.8. The molecule has 3 rings (SSSR count). The SMILES string of the molecule is C[C@@H](NC1CCc2c(O)cccc21)c1ccccc1F. The zero-order valence-corrected chi connectivity index (χ0v) is 11.4. The highest BCUT2D eigenvalue weighted by molar-refractivity contribution is 5.44. The smallest absolute Gasteiger partial charge is 0.127 e. The molecule has 2 aromatic rings. The molecule has 3 heteroatoms. The van der Waals surface area contributed by atoms with Crippen molar-refractivity contribution in [1.29, 1.82) is 0 Å². The van der Waals surface area contributed by atoms with Gasteiger partial charge in [0.2, 0.25) is 0 Å². The average molecular weight is 271 g/mol. The van der Waals surface area contributed by atoms with Gasteiger partial charge in [-0.15, -0.1) is 0 Å². The van der Waals surface area contributed by atoms with Crippen LogP contribution in [0.2, 0.25) is 0 Å². The molecular formula is C17H18FNO. The fraction of sp³-hybridized carbons (Fsp3) is 0.294. The van der Waals surface area contributed by atoms with Crippen LogP contribution in [0.5, 0.6) is 5.75 Å². The maximum Gasteiger partial charge on any atom is 0.127 e. The van der Waals surface area contributed by atoms with Crippen LogP contribution in [0, 0.1) is 5.82 Å². The fourth-order valence-corrected chi connectivity index (χ4v) is 3.03. The highest BCUT2D eigenvalue weighted by Gasteiger charge is 2.26. The Bertz CT molecular complexity index is 626. The predicted octanol–water partition coefficient (Wildman–Crippen LogP) is 3.87. The normalized spacial score (nSPS) is 18.8. The van der Waals surface area contributed by atoms with Crippen LogP contribution < -0.4 is 5.32 Å². The van der Waals surface area contributed by atoms with Gasteiger partial charge in [0.25, 0.3) is 0 Å². The number of halogens is 1. The van der Waals surface area contributed by atoms with E-state index in [4.69, 9.17) is 0 Å². The molecule has 0 spiro atoms. The Balaban J connectivity index is 1.81. The van der Waals surface area contributed by atoms with Crippen LogP contribution in [0.4, 0.5) is 4.39 Å². The largest absolute Gasteiger partial charge is 0.508 e. The second-order valence-corrected chi connectivity index (χ2v) is 5.35. The Hall–Kier alpha value is -1.87. The van der Waals surface area contributed by atoms with Crippen molar-refractivity contribution in [3.8, 4) is 5.75 Å². The first kappa shape index (κ1) is 13.1. The minimum atomic E-state index is -0.179. The molecule has 2 N–H and O–H groups in total. The van der Waals surface area contributed by atoms with Crippen molar-refractivity contribution < 1.29 is 9.50 Å². The third-order valence-electron chi connectivity index (χ3n) is 4.07. The van der Waals surface area contributed by atoms with Crippen LogP contribution in [-0.2, 0) is 6.42 Å². The highest BCUT2D eigenvalue weighted by atomic mass is 19.1. The second-order valence-electron chi connectivity index (χ2n) is 5.35. The first-order valence-corrected chi connectivity index (χ1v) is 6.98. The van der Waals surface area contributed by atoms with Crippen LogP contribution in [0.15, 0.2) is 42.5 Å². The Morgan fingerprint density at radius 3 is 2.80 bits per heavy atom. The van der Waals surface area contributed by atoms with Crippen molar-refractivity contribution in [3.05, 3.63) is 65.0 Å². The topological polar surface area (TPSA) is 32.3 Å². The number of aromatic hydroxyl groups is 1. The number of phenolic OH excluding ortho intramolecular Hbond substituents is 1. The number of hydrogen-bond donors (Lipinski definition) is 2. The quantitative estimate of drug-likeness (QED) is 0.888. The standard InChI is InChI=1S/C17H18FNO/c1-11(12-5-2-3-7-15(12)18)19-16-10-9-14-13(16)6-4-8-17(14)20/h2-8,11,16,19-20H,9-10H2,1H3/t11-,16?/m1/s1. The molecule has 0 fully saturated rings. The number of hydrogen-bond acceptors (Lipinski definition) is 2. The van der Waals surface area contributed by atoms with E-state index in [1.54, 1.807) is 12.1 Å². The van der Waals surface area contributed by atoms with Crippen LogP contribution in [-0.4, -0.2) is 5.11 Å². The van der Waals surface area contributed by atoms with E-state index >= 15 is 0 Å². The number of fused-ring (bicyclic) bond motifs is 1. The molecule has 1 unspecified atom stereocenters. The first-order valence-electron chi connectivity index (χ1n) is 6.98. The Morgan fingerprint density at radius 2 is 2.00 bits per heavy atom. The van der Waals surface area contributed by atoms with Gasteiger partial charge in [-0.2, -0.15) is 0 Å². The molecule has 20 heavy (non-hydrogen) atoms. The first-order chi connectivity index (χ1) is 9.66. The van der Waals surface area contributed by atoms with E-state index in [2.05, 4.69) is 5.32 Å². The lowest BCUT2D eigenvalue weighted by atomic mass is 10.0. The number of nitrogens with one attached hydrogen (secondary N) is 1. The molecule has 0 heterocycles. The van der Waals surface area contributed by atoms with Gasteiger partial charge >= 0.3 is 0 Å². The molecule has 0 bridgehead atoms. The molecule has 0 amide bonds. The van der Waals surface area contributed by atoms with Gasteiger partial charge in [-0.05, 0) is 43.0 Å². The Morgan fingerprint density at radius 1 is 1.20 bits per heavy atom. The van der Waals surface area contributed by atoms with Gasteiger partial charge in [-0.1, -0.05) is 30.3 Å². The minimum Gasteiger partial charge on any atom is -0.508 e. The number of phenols is 1. The van der Waals surface area contributed by atoms with Crippen molar-refractivity contribution in [2.45, 2.75) is 31.8 Å². The van der Waals surface area contributed by atoms with Gasteiger partial charge in [0, 0.05) is 17.6 Å². The maximum atomic E-state index is 13.8. The van der Waals surface area contributed by atoms with Crippen molar-refractivity contribution in [2.75, 3.05) is 0 Å². The lowest BCUT2D eigenvalue weighted by Gasteiger charge is -2.21. The van der Waals surface area contributed by atoms with Gasteiger partial charge < -0.3 is 10.4 Å². The van der Waals surface area contributed by atoms with E-state index in [0.717, 1.165) is 24.0 Å². The van der Waals surface area contributed by atoms with E-state index in [9.17, 15) is 9.50 Å². The summed E-state index contributed by atoms with van der Waals surface area (Å²) in [5, 5.41) is 13.3. The molecule has 104 valence electrons. The molecule has 0 saturated carbocycles. The van der Waals surface area contributed by atoms with Gasteiger partial charge in [-0.25, -0.2) is 4.39 Å². The van der Waals surface area contributed by atoms with Crippen molar-refractivity contribution in [1.82, 2.24) is 5.32 Å². The van der Waals surface area contributed by atoms with E-state index in [0.29, 0.717) is 11.3 Å². The van der Waals surface area contributed by atoms with E-state index in [1.165, 1.54) is 6.07 Å². The van der Waals surface area contributed by atoms with Gasteiger partial charge in [0.05, 0.1) is 0 Å². The van der Waals surface area contributed by atoms with Crippen LogP contribution in [0.1, 0.15) is 42.1 Å². The number of rotatable bonds is 3. The Kier molecular flexibility index (Phi) is 3.45. The van der Waals surface area contributed by atoms with Crippen molar-refractivity contribution >= 4 is 0 Å². The van der Waals surface area contributed by atoms with Crippen LogP contribution in [0.3, 0.4) is 0 Å². The van der Waals surface area contributed by atoms with E-state index in [1.807, 2.05) is 31.2 Å². The summed E-state index contributed by atoms with van der Waals surface area (Å²) in [6.45, 7) is 1.97. The Labute approximate surface area is 118 Å². The summed E-state index contributed by atoms with van der Waals surface area (Å²) in [6.07, 6.45) is 1.80. The average Bonchev–Trinajstić information content (AvgIpc) is 2.84. The highest BCUT2D eigenvalue weighted by Crippen LogP contribution is 2.37. The zero-order valence-electron chi connectivity index (χ0n) is 11.4. The minimum absolute atomic E-state index is 0.0606. The maximum absolute atomic E-state index is 13.8. The molecule has 2 aromatic carbocycles. The summed E-state index contributed by atoms with van der Waals surface area (Å²) in [7, 11) is 0. The second kappa shape index (κ2) is 5.25. The monoisotopic (exact) mass is 271 g/mol.